The Balaban J connectivity index is 2.75. The van der Waals surface area contributed by atoms with Crippen LogP contribution in [0.2, 0.25) is 0 Å². The van der Waals surface area contributed by atoms with Crippen molar-refractivity contribution in [2.45, 2.75) is 45.4 Å². The van der Waals surface area contributed by atoms with E-state index in [2.05, 4.69) is 0 Å². The minimum Gasteiger partial charge on any atom is -0.508 e. The predicted molar refractivity (Wildman–Crippen MR) is 77.0 cm³/mol. The summed E-state index contributed by atoms with van der Waals surface area (Å²) < 4.78 is 41.7. The molecule has 1 rings (SSSR count). The van der Waals surface area contributed by atoms with Crippen LogP contribution < -0.4 is 5.32 Å². The molecule has 0 saturated heterocycles. The van der Waals surface area contributed by atoms with Crippen molar-refractivity contribution in [1.29, 1.82) is 0 Å². The number of anilines is 1. The number of aryl methyl sites for hydroxylation is 1. The molecule has 0 radical (unpaired) electrons. The van der Waals surface area contributed by atoms with Crippen LogP contribution in [0.1, 0.15) is 32.8 Å². The van der Waals surface area contributed by atoms with Gasteiger partial charge in [0.25, 0.3) is 0 Å². The highest BCUT2D eigenvalue weighted by Gasteiger charge is 2.38. The number of ether oxygens (including phenoxy) is 1. The molecule has 0 aromatic heterocycles. The zero-order valence-electron chi connectivity index (χ0n) is 13.0. The van der Waals surface area contributed by atoms with Crippen molar-refractivity contribution in [2.24, 2.45) is 0 Å². The van der Waals surface area contributed by atoms with E-state index in [1.165, 1.54) is 6.07 Å². The van der Waals surface area contributed by atoms with Crippen molar-refractivity contribution in [1.82, 2.24) is 0 Å². The summed E-state index contributed by atoms with van der Waals surface area (Å²) in [5, 5.41) is 11.4. The molecule has 1 amide bonds. The van der Waals surface area contributed by atoms with Crippen LogP contribution in [0, 0.1) is 0 Å². The van der Waals surface area contributed by atoms with E-state index in [0.717, 1.165) is 12.1 Å². The largest absolute Gasteiger partial charge is 0.508 e. The van der Waals surface area contributed by atoms with Gasteiger partial charge in [0.15, 0.2) is 0 Å². The van der Waals surface area contributed by atoms with Crippen LogP contribution in [0.3, 0.4) is 0 Å². The average Bonchev–Trinajstić information content (AvgIpc) is 2.36. The molecule has 1 aromatic carbocycles. The summed E-state index contributed by atoms with van der Waals surface area (Å²) in [4.78, 5) is 22.5. The van der Waals surface area contributed by atoms with Gasteiger partial charge in [-0.2, -0.15) is 13.2 Å². The minimum absolute atomic E-state index is 0.0541. The van der Waals surface area contributed by atoms with Crippen LogP contribution >= 0.6 is 0 Å². The van der Waals surface area contributed by atoms with E-state index in [9.17, 15) is 27.9 Å². The van der Waals surface area contributed by atoms with Gasteiger partial charge >= 0.3 is 18.1 Å². The fourth-order valence-corrected chi connectivity index (χ4v) is 1.69. The molecule has 0 aliphatic carbocycles. The van der Waals surface area contributed by atoms with Crippen molar-refractivity contribution >= 4 is 17.6 Å². The number of rotatable bonds is 4. The van der Waals surface area contributed by atoms with Crippen molar-refractivity contribution in [3.63, 3.8) is 0 Å². The lowest BCUT2D eigenvalue weighted by atomic mass is 10.1. The van der Waals surface area contributed by atoms with Gasteiger partial charge in [0.2, 0.25) is 0 Å². The number of carbonyl (C=O) groups excluding carboxylic acids is 2. The zero-order valence-corrected chi connectivity index (χ0v) is 13.0. The highest BCUT2D eigenvalue weighted by Crippen LogP contribution is 2.25. The number of amides is 1. The molecule has 0 unspecified atom stereocenters. The molecule has 2 N–H and O–H groups in total. The van der Waals surface area contributed by atoms with Crippen molar-refractivity contribution < 1.29 is 32.6 Å². The SMILES string of the molecule is CC(C)(C)OC(=O)CCc1cc(NC(=O)C(F)(F)F)ccc1O. The molecule has 5 nitrogen and oxygen atoms in total. The van der Waals surface area contributed by atoms with Crippen LogP contribution in [-0.4, -0.2) is 28.8 Å². The maximum atomic E-state index is 12.2. The van der Waals surface area contributed by atoms with E-state index in [4.69, 9.17) is 4.74 Å². The summed E-state index contributed by atoms with van der Waals surface area (Å²) in [6.07, 6.45) is -4.99. The number of benzene rings is 1. The molecule has 0 aliphatic rings. The van der Waals surface area contributed by atoms with Gasteiger partial charge in [-0.25, -0.2) is 0 Å². The van der Waals surface area contributed by atoms with Crippen molar-refractivity contribution in [3.8, 4) is 5.75 Å². The molecule has 0 heterocycles. The molecular formula is C15H18F3NO4. The molecule has 0 saturated carbocycles. The first-order valence-electron chi connectivity index (χ1n) is 6.80. The quantitative estimate of drug-likeness (QED) is 0.655. The number of phenolic OH excluding ortho intramolecular Hbond substituents is 1. The van der Waals surface area contributed by atoms with Crippen LogP contribution in [0.25, 0.3) is 0 Å². The van der Waals surface area contributed by atoms with Crippen LogP contribution in [0.5, 0.6) is 5.75 Å². The average molecular weight is 333 g/mol. The molecule has 0 bridgehead atoms. The first kappa shape index (κ1) is 18.8. The molecule has 128 valence electrons. The highest BCUT2D eigenvalue weighted by molar-refractivity contribution is 5.95. The lowest BCUT2D eigenvalue weighted by Crippen LogP contribution is -2.29. The number of esters is 1. The number of hydrogen-bond acceptors (Lipinski definition) is 4. The Kier molecular flexibility index (Phi) is 5.63. The fraction of sp³-hybridized carbons (Fsp3) is 0.467. The second-order valence-electron chi connectivity index (χ2n) is 5.88. The number of aromatic hydroxyl groups is 1. The van der Waals surface area contributed by atoms with Crippen LogP contribution in [0.4, 0.5) is 18.9 Å². The lowest BCUT2D eigenvalue weighted by Gasteiger charge is -2.19. The van der Waals surface area contributed by atoms with Crippen molar-refractivity contribution in [2.75, 3.05) is 5.32 Å². The molecule has 23 heavy (non-hydrogen) atoms. The maximum absolute atomic E-state index is 12.2. The summed E-state index contributed by atoms with van der Waals surface area (Å²) >= 11 is 0. The van der Waals surface area contributed by atoms with Gasteiger partial charge in [0.05, 0.1) is 0 Å². The molecule has 8 heteroatoms. The van der Waals surface area contributed by atoms with Crippen LogP contribution in [0.15, 0.2) is 18.2 Å². The number of halogens is 3. The third kappa shape index (κ3) is 6.58. The van der Waals surface area contributed by atoms with Gasteiger partial charge in [-0.15, -0.1) is 0 Å². The topological polar surface area (TPSA) is 75.6 Å². The summed E-state index contributed by atoms with van der Waals surface area (Å²) in [6.45, 7) is 5.11. The number of nitrogens with one attached hydrogen (secondary N) is 1. The summed E-state index contributed by atoms with van der Waals surface area (Å²) in [5.41, 5.74) is -0.540. The Morgan fingerprint density at radius 3 is 2.35 bits per heavy atom. The summed E-state index contributed by atoms with van der Waals surface area (Å²) in [5.74, 6) is -2.79. The second-order valence-corrected chi connectivity index (χ2v) is 5.88. The van der Waals surface area contributed by atoms with E-state index in [0.29, 0.717) is 0 Å². The van der Waals surface area contributed by atoms with Gasteiger partial charge in [-0.3, -0.25) is 9.59 Å². The first-order chi connectivity index (χ1) is 10.4. The van der Waals surface area contributed by atoms with E-state index >= 15 is 0 Å². The zero-order chi connectivity index (χ0) is 17.8. The highest BCUT2D eigenvalue weighted by atomic mass is 19.4. The molecule has 1 aromatic rings. The third-order valence-corrected chi connectivity index (χ3v) is 2.61. The lowest BCUT2D eigenvalue weighted by molar-refractivity contribution is -0.167. The van der Waals surface area contributed by atoms with Gasteiger partial charge < -0.3 is 15.2 Å². The monoisotopic (exact) mass is 333 g/mol. The minimum atomic E-state index is -5.01. The van der Waals surface area contributed by atoms with Crippen LogP contribution in [-0.2, 0) is 20.7 Å². The van der Waals surface area contributed by atoms with E-state index < -0.39 is 23.7 Å². The summed E-state index contributed by atoms with van der Waals surface area (Å²) in [7, 11) is 0. The first-order valence-corrected chi connectivity index (χ1v) is 6.80. The Bertz CT molecular complexity index is 591. The molecular weight excluding hydrogens is 315 g/mol. The maximum Gasteiger partial charge on any atom is 0.471 e. The third-order valence-electron chi connectivity index (χ3n) is 2.61. The molecule has 0 fully saturated rings. The molecule has 0 spiro atoms. The Morgan fingerprint density at radius 2 is 1.83 bits per heavy atom. The van der Waals surface area contributed by atoms with Gasteiger partial charge in [0, 0.05) is 12.1 Å². The van der Waals surface area contributed by atoms with Gasteiger partial charge in [-0.05, 0) is 51.0 Å². The number of carbonyl (C=O) groups is 2. The standard InChI is InChI=1S/C15H18F3NO4/c1-14(2,3)23-12(21)7-4-9-8-10(5-6-11(9)20)19-13(22)15(16,17)18/h5-6,8,20H,4,7H2,1-3H3,(H,19,22). The Labute approximate surface area is 131 Å². The van der Waals surface area contributed by atoms with E-state index in [1.54, 1.807) is 26.1 Å². The smallest absolute Gasteiger partial charge is 0.471 e. The van der Waals surface area contributed by atoms with E-state index in [-0.39, 0.29) is 29.8 Å². The van der Waals surface area contributed by atoms with Crippen molar-refractivity contribution in [3.05, 3.63) is 23.8 Å². The Hall–Kier alpha value is -2.25. The summed E-state index contributed by atoms with van der Waals surface area (Å²) in [6, 6.07) is 3.47. The molecule has 0 aliphatic heterocycles. The van der Waals surface area contributed by atoms with Gasteiger partial charge in [0.1, 0.15) is 11.4 Å². The molecule has 0 atom stereocenters. The predicted octanol–water partition coefficient (Wildman–Crippen LogP) is 3.17. The fourth-order valence-electron chi connectivity index (χ4n) is 1.69. The Morgan fingerprint density at radius 1 is 1.22 bits per heavy atom. The number of alkyl halides is 3. The van der Waals surface area contributed by atoms with E-state index in [1.807, 2.05) is 0 Å². The number of phenols is 1. The second kappa shape index (κ2) is 6.89. The number of hydrogen-bond donors (Lipinski definition) is 2. The normalized spacial score (nSPS) is 11.9. The van der Waals surface area contributed by atoms with Gasteiger partial charge in [-0.1, -0.05) is 0 Å².